The number of likely N-dealkylation sites (tertiary alicyclic amines) is 1. The lowest BCUT2D eigenvalue weighted by Gasteiger charge is -2.40. The van der Waals surface area contributed by atoms with Gasteiger partial charge in [0.2, 0.25) is 5.91 Å². The van der Waals surface area contributed by atoms with E-state index in [1.165, 1.54) is 0 Å². The summed E-state index contributed by atoms with van der Waals surface area (Å²) in [4.78, 5) is 13.8. The van der Waals surface area contributed by atoms with Gasteiger partial charge < -0.3 is 9.64 Å². The van der Waals surface area contributed by atoms with E-state index >= 15 is 0 Å². The van der Waals surface area contributed by atoms with E-state index in [4.69, 9.17) is 27.9 Å². The van der Waals surface area contributed by atoms with E-state index in [1.807, 2.05) is 4.72 Å². The molecule has 1 aliphatic heterocycles. The van der Waals surface area contributed by atoms with Gasteiger partial charge in [-0.05, 0) is 50.7 Å². The van der Waals surface area contributed by atoms with E-state index in [9.17, 15) is 26.4 Å². The van der Waals surface area contributed by atoms with Crippen LogP contribution in [0.15, 0.2) is 35.2 Å². The molecule has 1 amide bonds. The molecule has 0 spiro atoms. The van der Waals surface area contributed by atoms with E-state index in [-0.39, 0.29) is 24.3 Å². The van der Waals surface area contributed by atoms with Crippen molar-refractivity contribution < 1.29 is 31.1 Å². The molecule has 4 rings (SSSR count). The highest BCUT2D eigenvalue weighted by Gasteiger charge is 2.34. The molecule has 0 aromatic heterocycles. The van der Waals surface area contributed by atoms with E-state index < -0.39 is 44.2 Å². The van der Waals surface area contributed by atoms with Crippen molar-refractivity contribution in [3.8, 4) is 5.75 Å². The first-order valence-electron chi connectivity index (χ1n) is 11.6. The number of ether oxygens (including phenoxy) is 1. The molecule has 1 aliphatic carbocycles. The summed E-state index contributed by atoms with van der Waals surface area (Å²) in [5.74, 6) is -5.17. The van der Waals surface area contributed by atoms with Gasteiger partial charge in [0.25, 0.3) is 10.0 Å². The topological polar surface area (TPSA) is 75.7 Å². The Balaban J connectivity index is 1.25. The maximum Gasteiger partial charge on any atom is 0.267 e. The highest BCUT2D eigenvalue weighted by atomic mass is 35.5. The summed E-state index contributed by atoms with van der Waals surface area (Å²) in [5.41, 5.74) is 0. The molecule has 1 heterocycles. The van der Waals surface area contributed by atoms with Crippen LogP contribution >= 0.6 is 23.2 Å². The van der Waals surface area contributed by atoms with Crippen LogP contribution in [0.2, 0.25) is 10.0 Å². The monoisotopic (exact) mass is 564 g/mol. The normalized spacial score (nSPS) is 21.8. The van der Waals surface area contributed by atoms with Gasteiger partial charge in [-0.1, -0.05) is 23.2 Å². The summed E-state index contributed by atoms with van der Waals surface area (Å²) in [5, 5.41) is 0.910. The van der Waals surface area contributed by atoms with Gasteiger partial charge in [0.15, 0.2) is 11.6 Å². The molecule has 0 bridgehead atoms. The third-order valence-electron chi connectivity index (χ3n) is 6.75. The number of benzene rings is 2. The Morgan fingerprint density at radius 1 is 0.889 bits per heavy atom. The number of amides is 1. The van der Waals surface area contributed by atoms with Crippen LogP contribution < -0.4 is 9.46 Å². The molecular formula is C24H25Cl2F3N2O4S. The highest BCUT2D eigenvalue weighted by Crippen LogP contribution is 2.32. The van der Waals surface area contributed by atoms with Crippen molar-refractivity contribution in [1.82, 2.24) is 9.62 Å². The standard InChI is InChI=1S/C24H25Cl2F3N2O4S/c25-18-6-5-17(11-19(18)26)35-16-7-9-31(10-8-16)15-3-1-14(2-4-15)24(32)30-36(33,34)23-13-21(28)20(27)12-22(23)29/h5-6,11-16H,1-4,7-10H2,(H,30,32). The summed E-state index contributed by atoms with van der Waals surface area (Å²) in [6, 6.07) is 5.81. The molecule has 0 atom stereocenters. The number of carbonyl (C=O) groups excluding carboxylic acids is 1. The minimum absolute atomic E-state index is 0.0579. The molecule has 2 aromatic rings. The Bertz CT molecular complexity index is 1230. The predicted octanol–water partition coefficient (Wildman–Crippen LogP) is 5.32. The van der Waals surface area contributed by atoms with Crippen LogP contribution in [-0.2, 0) is 14.8 Å². The second-order valence-corrected chi connectivity index (χ2v) is 11.6. The van der Waals surface area contributed by atoms with E-state index in [0.29, 0.717) is 41.5 Å². The van der Waals surface area contributed by atoms with Crippen LogP contribution in [0.25, 0.3) is 0 Å². The molecule has 196 valence electrons. The van der Waals surface area contributed by atoms with E-state index in [0.717, 1.165) is 25.9 Å². The maximum absolute atomic E-state index is 13.9. The van der Waals surface area contributed by atoms with Gasteiger partial charge >= 0.3 is 0 Å². The third kappa shape index (κ3) is 6.27. The highest BCUT2D eigenvalue weighted by molar-refractivity contribution is 7.90. The third-order valence-corrected chi connectivity index (χ3v) is 8.85. The van der Waals surface area contributed by atoms with Crippen molar-refractivity contribution in [2.45, 2.75) is 55.6 Å². The van der Waals surface area contributed by atoms with Gasteiger partial charge in [-0.2, -0.15) is 0 Å². The van der Waals surface area contributed by atoms with Crippen LogP contribution in [0.4, 0.5) is 13.2 Å². The summed E-state index contributed by atoms with van der Waals surface area (Å²) >= 11 is 12.0. The summed E-state index contributed by atoms with van der Waals surface area (Å²) in [6.45, 7) is 1.66. The molecule has 0 radical (unpaired) electrons. The number of carbonyl (C=O) groups is 1. The first kappa shape index (κ1) is 27.0. The lowest BCUT2D eigenvalue weighted by Crippen LogP contribution is -2.46. The van der Waals surface area contributed by atoms with Gasteiger partial charge in [-0.25, -0.2) is 26.3 Å². The Hall–Kier alpha value is -2.01. The average molecular weight is 565 g/mol. The molecule has 1 saturated heterocycles. The second-order valence-electron chi connectivity index (χ2n) is 9.10. The fourth-order valence-corrected chi connectivity index (χ4v) is 6.19. The zero-order valence-electron chi connectivity index (χ0n) is 19.2. The lowest BCUT2D eigenvalue weighted by atomic mass is 9.84. The first-order chi connectivity index (χ1) is 17.0. The Kier molecular flexibility index (Phi) is 8.38. The zero-order valence-corrected chi connectivity index (χ0v) is 21.5. The average Bonchev–Trinajstić information content (AvgIpc) is 2.84. The van der Waals surface area contributed by atoms with Gasteiger partial charge in [-0.15, -0.1) is 0 Å². The largest absolute Gasteiger partial charge is 0.490 e. The molecule has 1 saturated carbocycles. The molecule has 2 fully saturated rings. The molecule has 6 nitrogen and oxygen atoms in total. The number of nitrogens with one attached hydrogen (secondary N) is 1. The van der Waals surface area contributed by atoms with Crippen LogP contribution in [-0.4, -0.2) is 44.5 Å². The van der Waals surface area contributed by atoms with Crippen molar-refractivity contribution in [2.75, 3.05) is 13.1 Å². The van der Waals surface area contributed by atoms with E-state index in [2.05, 4.69) is 4.90 Å². The second kappa shape index (κ2) is 11.2. The quantitative estimate of drug-likeness (QED) is 0.481. The number of piperidine rings is 1. The van der Waals surface area contributed by atoms with Gasteiger partial charge in [0.1, 0.15) is 22.6 Å². The molecule has 2 aliphatic rings. The van der Waals surface area contributed by atoms with E-state index in [1.54, 1.807) is 18.2 Å². The lowest BCUT2D eigenvalue weighted by molar-refractivity contribution is -0.124. The maximum atomic E-state index is 13.9. The minimum atomic E-state index is -4.67. The Morgan fingerprint density at radius 2 is 1.53 bits per heavy atom. The molecule has 12 heteroatoms. The molecule has 2 aromatic carbocycles. The van der Waals surface area contributed by atoms with Crippen molar-refractivity contribution in [3.63, 3.8) is 0 Å². The van der Waals surface area contributed by atoms with Crippen LogP contribution in [0.1, 0.15) is 38.5 Å². The van der Waals surface area contributed by atoms with Crippen molar-refractivity contribution in [1.29, 1.82) is 0 Å². The first-order valence-corrected chi connectivity index (χ1v) is 13.8. The Morgan fingerprint density at radius 3 is 2.17 bits per heavy atom. The number of hydrogen-bond donors (Lipinski definition) is 1. The summed E-state index contributed by atoms with van der Waals surface area (Å²) in [6.07, 6.45) is 4.06. The smallest absolute Gasteiger partial charge is 0.267 e. The van der Waals surface area contributed by atoms with Gasteiger partial charge in [0.05, 0.1) is 10.0 Å². The summed E-state index contributed by atoms with van der Waals surface area (Å²) in [7, 11) is -4.67. The summed E-state index contributed by atoms with van der Waals surface area (Å²) < 4.78 is 73.1. The fourth-order valence-electron chi connectivity index (χ4n) is 4.79. The minimum Gasteiger partial charge on any atom is -0.490 e. The molecule has 1 N–H and O–H groups in total. The van der Waals surface area contributed by atoms with Crippen LogP contribution in [0.3, 0.4) is 0 Å². The Labute approximate surface area is 217 Å². The molecule has 36 heavy (non-hydrogen) atoms. The molecular weight excluding hydrogens is 540 g/mol. The zero-order chi connectivity index (χ0) is 26.0. The SMILES string of the molecule is O=C(NS(=O)(=O)c1cc(F)c(F)cc1F)C1CCC(N2CCC(Oc3ccc(Cl)c(Cl)c3)CC2)CC1. The number of hydrogen-bond acceptors (Lipinski definition) is 5. The van der Waals surface area contributed by atoms with Crippen LogP contribution in [0.5, 0.6) is 5.75 Å². The fraction of sp³-hybridized carbons (Fsp3) is 0.458. The number of sulfonamides is 1. The van der Waals surface area contributed by atoms with Gasteiger partial charge in [-0.3, -0.25) is 4.79 Å². The number of nitrogens with zero attached hydrogens (tertiary/aromatic N) is 1. The van der Waals surface area contributed by atoms with Gasteiger partial charge in [0, 0.05) is 43.2 Å². The molecule has 0 unspecified atom stereocenters. The number of rotatable bonds is 6. The number of halogens is 5. The van der Waals surface area contributed by atoms with Crippen molar-refractivity contribution >= 4 is 39.1 Å². The van der Waals surface area contributed by atoms with Crippen LogP contribution in [0, 0.1) is 23.4 Å². The predicted molar refractivity (Wildman–Crippen MR) is 129 cm³/mol. The van der Waals surface area contributed by atoms with Crippen molar-refractivity contribution in [3.05, 3.63) is 57.8 Å². The van der Waals surface area contributed by atoms with Crippen molar-refractivity contribution in [2.24, 2.45) is 5.92 Å².